The number of primary amides is 1. The summed E-state index contributed by atoms with van der Waals surface area (Å²) in [5.41, 5.74) is 31.2. The summed E-state index contributed by atoms with van der Waals surface area (Å²) in [6.07, 6.45) is 1.09. The third-order valence-electron chi connectivity index (χ3n) is 6.88. The highest BCUT2D eigenvalue weighted by atomic mass is 16.2. The highest BCUT2D eigenvalue weighted by Gasteiger charge is 2.29. The van der Waals surface area contributed by atoms with E-state index in [-0.39, 0.29) is 37.1 Å². The predicted molar refractivity (Wildman–Crippen MR) is 168 cm³/mol. The van der Waals surface area contributed by atoms with Crippen LogP contribution in [0.25, 0.3) is 0 Å². The number of carbonyl (C=O) groups is 3. The first-order valence-corrected chi connectivity index (χ1v) is 13.8. The van der Waals surface area contributed by atoms with Crippen molar-refractivity contribution in [2.45, 2.75) is 43.7 Å². The number of carbonyl (C=O) groups excluding carboxylic acids is 3. The number of hydrogen-bond acceptors (Lipinski definition) is 6. The monoisotopic (exact) mass is 585 g/mol. The normalized spacial score (nSPS) is 12.7. The van der Waals surface area contributed by atoms with Gasteiger partial charge in [0.1, 0.15) is 17.9 Å². The maximum atomic E-state index is 13.9. The Balaban J connectivity index is 1.85. The fourth-order valence-corrected chi connectivity index (χ4v) is 4.54. The fourth-order valence-electron chi connectivity index (χ4n) is 4.54. The van der Waals surface area contributed by atoms with Crippen molar-refractivity contribution in [3.8, 4) is 0 Å². The molecule has 0 spiro atoms. The number of aliphatic imine (C=N–C) groups is 1. The van der Waals surface area contributed by atoms with E-state index in [1.54, 1.807) is 36.4 Å². The van der Waals surface area contributed by atoms with Crippen molar-refractivity contribution in [3.63, 3.8) is 0 Å². The molecule has 0 bridgehead atoms. The van der Waals surface area contributed by atoms with E-state index in [0.717, 1.165) is 16.7 Å². The Morgan fingerprint density at radius 2 is 1.33 bits per heavy atom. The number of hydrogen-bond donors (Lipinski definition) is 8. The van der Waals surface area contributed by atoms with E-state index < -0.39 is 29.8 Å². The molecule has 0 fully saturated rings. The van der Waals surface area contributed by atoms with Crippen LogP contribution in [0, 0.1) is 5.41 Å². The number of nitrogens with two attached hydrogens (primary N) is 5. The SMILES string of the molecule is N=C(N)c1ccc(CC(C(=O)N[C@@H](Cc2ccc(N)cc2)C(=O)N[C@@H](CCCN=C(N)N)C(N)=O)c2ccccc2)cc1. The van der Waals surface area contributed by atoms with E-state index in [1.165, 1.54) is 0 Å². The van der Waals surface area contributed by atoms with Crippen molar-refractivity contribution in [2.24, 2.45) is 27.9 Å². The molecule has 3 rings (SSSR count). The Morgan fingerprint density at radius 3 is 1.91 bits per heavy atom. The van der Waals surface area contributed by atoms with Crippen LogP contribution >= 0.6 is 0 Å². The number of nitrogens with one attached hydrogen (secondary N) is 3. The quantitative estimate of drug-likeness (QED) is 0.0547. The van der Waals surface area contributed by atoms with Crippen LogP contribution in [0.2, 0.25) is 0 Å². The maximum Gasteiger partial charge on any atom is 0.243 e. The summed E-state index contributed by atoms with van der Waals surface area (Å²) in [7, 11) is 0. The summed E-state index contributed by atoms with van der Waals surface area (Å²) in [6, 6.07) is 21.3. The van der Waals surface area contributed by atoms with Crippen LogP contribution in [-0.2, 0) is 27.2 Å². The lowest BCUT2D eigenvalue weighted by molar-refractivity contribution is -0.131. The van der Waals surface area contributed by atoms with Gasteiger partial charge in [0.2, 0.25) is 17.7 Å². The van der Waals surface area contributed by atoms with Crippen LogP contribution in [0.5, 0.6) is 0 Å². The first-order chi connectivity index (χ1) is 20.5. The van der Waals surface area contributed by atoms with Crippen LogP contribution in [0.4, 0.5) is 5.69 Å². The summed E-state index contributed by atoms with van der Waals surface area (Å²) in [5.74, 6) is -2.42. The summed E-state index contributed by atoms with van der Waals surface area (Å²) in [6.45, 7) is 0.264. The molecule has 0 aliphatic rings. The van der Waals surface area contributed by atoms with Crippen LogP contribution in [0.3, 0.4) is 0 Å². The highest BCUT2D eigenvalue weighted by Crippen LogP contribution is 2.22. The van der Waals surface area contributed by atoms with E-state index >= 15 is 0 Å². The molecule has 3 aromatic carbocycles. The van der Waals surface area contributed by atoms with Gasteiger partial charge >= 0.3 is 0 Å². The molecule has 3 amide bonds. The first-order valence-electron chi connectivity index (χ1n) is 13.8. The number of rotatable bonds is 15. The van der Waals surface area contributed by atoms with Gasteiger partial charge in [0.05, 0.1) is 5.92 Å². The molecule has 0 saturated heterocycles. The van der Waals surface area contributed by atoms with E-state index in [4.69, 9.17) is 34.1 Å². The van der Waals surface area contributed by atoms with Gasteiger partial charge in [-0.3, -0.25) is 24.8 Å². The molecule has 0 aliphatic carbocycles. The second-order valence-electron chi connectivity index (χ2n) is 10.2. The van der Waals surface area contributed by atoms with Crippen LogP contribution in [0.1, 0.15) is 41.0 Å². The minimum Gasteiger partial charge on any atom is -0.399 e. The number of guanidine groups is 1. The minimum atomic E-state index is -1.03. The summed E-state index contributed by atoms with van der Waals surface area (Å²) < 4.78 is 0. The standard InChI is InChI=1S/C31H39N9O3/c32-23-14-10-20(11-15-23)18-26(30(43)39-25(28(35)41)7-4-16-38-31(36)37)40-29(42)24(21-5-2-1-3-6-21)17-19-8-12-22(13-9-19)27(33)34/h1-3,5-6,8-15,24-26H,4,7,16-18,32H2,(H3,33,34)(H2,35,41)(H,39,43)(H,40,42)(H4,36,37,38)/t24?,25-,26-/m0/s1. The minimum absolute atomic E-state index is 0.0501. The largest absolute Gasteiger partial charge is 0.399 e. The van der Waals surface area contributed by atoms with Crippen LogP contribution in [-0.4, -0.2) is 48.1 Å². The zero-order chi connectivity index (χ0) is 31.4. The lowest BCUT2D eigenvalue weighted by Crippen LogP contribution is -2.54. The third kappa shape index (κ3) is 10.2. The molecule has 12 nitrogen and oxygen atoms in total. The summed E-state index contributed by atoms with van der Waals surface area (Å²) in [5, 5.41) is 13.2. The van der Waals surface area contributed by atoms with E-state index in [9.17, 15) is 14.4 Å². The second kappa shape index (κ2) is 15.6. The van der Waals surface area contributed by atoms with Gasteiger partial charge in [0.25, 0.3) is 0 Å². The molecule has 1 unspecified atom stereocenters. The Hall–Kier alpha value is -5.39. The molecule has 3 atom stereocenters. The molecule has 13 N–H and O–H groups in total. The predicted octanol–water partition coefficient (Wildman–Crippen LogP) is 0.630. The molecule has 0 heterocycles. The molecular formula is C31H39N9O3. The Morgan fingerprint density at radius 1 is 0.744 bits per heavy atom. The number of anilines is 1. The lowest BCUT2D eigenvalue weighted by Gasteiger charge is -2.25. The number of amidine groups is 1. The topological polar surface area (TPSA) is 242 Å². The average Bonchev–Trinajstić information content (AvgIpc) is 2.98. The molecule has 43 heavy (non-hydrogen) atoms. The van der Waals surface area contributed by atoms with Gasteiger partial charge in [-0.1, -0.05) is 66.7 Å². The molecular weight excluding hydrogens is 546 g/mol. The number of nitrogen functional groups attached to an aromatic ring is 2. The lowest BCUT2D eigenvalue weighted by atomic mass is 9.90. The molecule has 0 aliphatic heterocycles. The number of amides is 3. The fraction of sp³-hybridized carbons (Fsp3) is 0.258. The first kappa shape index (κ1) is 32.1. The number of benzene rings is 3. The molecule has 0 radical (unpaired) electrons. The molecule has 226 valence electrons. The molecule has 0 aromatic heterocycles. The van der Waals surface area contributed by atoms with Crippen molar-refractivity contribution >= 4 is 35.2 Å². The molecule has 12 heteroatoms. The van der Waals surface area contributed by atoms with Gasteiger partial charge in [-0.05, 0) is 48.1 Å². The van der Waals surface area contributed by atoms with E-state index in [0.29, 0.717) is 24.1 Å². The zero-order valence-electron chi connectivity index (χ0n) is 23.8. The van der Waals surface area contributed by atoms with Gasteiger partial charge in [-0.15, -0.1) is 0 Å². The van der Waals surface area contributed by atoms with E-state index in [2.05, 4.69) is 15.6 Å². The van der Waals surface area contributed by atoms with Gasteiger partial charge in [-0.25, -0.2) is 0 Å². The van der Waals surface area contributed by atoms with Gasteiger partial charge < -0.3 is 39.3 Å². The number of nitrogens with zero attached hydrogens (tertiary/aromatic N) is 1. The Labute approximate surface area is 250 Å². The van der Waals surface area contributed by atoms with Crippen molar-refractivity contribution in [1.82, 2.24) is 10.6 Å². The molecule has 0 saturated carbocycles. The van der Waals surface area contributed by atoms with Gasteiger partial charge in [0.15, 0.2) is 5.96 Å². The van der Waals surface area contributed by atoms with Crippen LogP contribution in [0.15, 0.2) is 83.9 Å². The maximum absolute atomic E-state index is 13.9. The molecule has 3 aromatic rings. The van der Waals surface area contributed by atoms with Crippen molar-refractivity contribution in [2.75, 3.05) is 12.3 Å². The Kier molecular flexibility index (Phi) is 11.6. The third-order valence-corrected chi connectivity index (χ3v) is 6.88. The van der Waals surface area contributed by atoms with Crippen molar-refractivity contribution in [1.29, 1.82) is 5.41 Å². The van der Waals surface area contributed by atoms with Crippen LogP contribution < -0.4 is 39.3 Å². The van der Waals surface area contributed by atoms with Gasteiger partial charge in [0, 0.05) is 24.2 Å². The van der Waals surface area contributed by atoms with Gasteiger partial charge in [-0.2, -0.15) is 0 Å². The highest BCUT2D eigenvalue weighted by molar-refractivity contribution is 5.95. The van der Waals surface area contributed by atoms with E-state index in [1.807, 2.05) is 42.5 Å². The van der Waals surface area contributed by atoms with Crippen molar-refractivity contribution < 1.29 is 14.4 Å². The zero-order valence-corrected chi connectivity index (χ0v) is 23.8. The summed E-state index contributed by atoms with van der Waals surface area (Å²) >= 11 is 0. The van der Waals surface area contributed by atoms with Crippen molar-refractivity contribution in [3.05, 3.63) is 101 Å². The summed E-state index contributed by atoms with van der Waals surface area (Å²) in [4.78, 5) is 43.5. The average molecular weight is 586 g/mol. The second-order valence-corrected chi connectivity index (χ2v) is 10.2. The smallest absolute Gasteiger partial charge is 0.243 e. The Bertz CT molecular complexity index is 1420.